The predicted molar refractivity (Wildman–Crippen MR) is 56.8 cm³/mol. The van der Waals surface area contributed by atoms with Gasteiger partial charge in [-0.3, -0.25) is 4.79 Å². The van der Waals surface area contributed by atoms with Crippen LogP contribution in [0.15, 0.2) is 18.5 Å². The largest absolute Gasteiger partial charge is 0.480 e. The lowest BCUT2D eigenvalue weighted by atomic mass is 10.1. The van der Waals surface area contributed by atoms with E-state index in [-0.39, 0.29) is 12.1 Å². The molecule has 15 heavy (non-hydrogen) atoms. The van der Waals surface area contributed by atoms with Gasteiger partial charge < -0.3 is 10.0 Å². The third-order valence-corrected chi connectivity index (χ3v) is 1.90. The molecule has 0 aliphatic heterocycles. The molecule has 0 unspecified atom stereocenters. The van der Waals surface area contributed by atoms with Crippen molar-refractivity contribution in [3.63, 3.8) is 0 Å². The fourth-order valence-corrected chi connectivity index (χ4v) is 1.17. The number of carbonyl (C=O) groups is 1. The Morgan fingerprint density at radius 2 is 1.93 bits per heavy atom. The molecule has 0 atom stereocenters. The molecule has 1 aromatic rings. The van der Waals surface area contributed by atoms with Gasteiger partial charge in [0, 0.05) is 17.9 Å². The van der Waals surface area contributed by atoms with Crippen LogP contribution in [0.5, 0.6) is 0 Å². The maximum absolute atomic E-state index is 10.7. The lowest BCUT2D eigenvalue weighted by Gasteiger charge is -2.34. The summed E-state index contributed by atoms with van der Waals surface area (Å²) >= 11 is 0. The number of hydrogen-bond acceptors (Lipinski definition) is 4. The van der Waals surface area contributed by atoms with Gasteiger partial charge in [0.05, 0.1) is 0 Å². The number of hydrogen-bond donors (Lipinski definition) is 1. The standard InChI is InChI=1S/C10H15N3O2/c1-10(2,3)13(7-8(14)15)9-11-5-4-6-12-9/h4-6H,7H2,1-3H3,(H,14,15). The second-order valence-corrected chi connectivity index (χ2v) is 4.20. The summed E-state index contributed by atoms with van der Waals surface area (Å²) in [6.07, 6.45) is 3.20. The zero-order valence-electron chi connectivity index (χ0n) is 9.14. The first kappa shape index (κ1) is 11.4. The fourth-order valence-electron chi connectivity index (χ4n) is 1.17. The van der Waals surface area contributed by atoms with E-state index in [0.29, 0.717) is 5.95 Å². The highest BCUT2D eigenvalue weighted by atomic mass is 16.4. The molecule has 0 fully saturated rings. The van der Waals surface area contributed by atoms with Crippen molar-refractivity contribution in [1.29, 1.82) is 0 Å². The van der Waals surface area contributed by atoms with Crippen LogP contribution in [-0.4, -0.2) is 33.1 Å². The van der Waals surface area contributed by atoms with Gasteiger partial charge >= 0.3 is 5.97 Å². The summed E-state index contributed by atoms with van der Waals surface area (Å²) in [5.41, 5.74) is -0.320. The monoisotopic (exact) mass is 209 g/mol. The molecule has 0 saturated carbocycles. The Bertz CT molecular complexity index is 332. The second kappa shape index (κ2) is 4.25. The van der Waals surface area contributed by atoms with Crippen LogP contribution in [0, 0.1) is 0 Å². The highest BCUT2D eigenvalue weighted by Crippen LogP contribution is 2.18. The van der Waals surface area contributed by atoms with Crippen molar-refractivity contribution >= 4 is 11.9 Å². The van der Waals surface area contributed by atoms with Gasteiger partial charge in [0.15, 0.2) is 0 Å². The molecule has 0 aromatic carbocycles. The molecule has 0 amide bonds. The predicted octanol–water partition coefficient (Wildman–Crippen LogP) is 1.17. The van der Waals surface area contributed by atoms with Crippen molar-refractivity contribution in [2.24, 2.45) is 0 Å². The van der Waals surface area contributed by atoms with Gasteiger partial charge in [-0.15, -0.1) is 0 Å². The molecule has 0 spiro atoms. The topological polar surface area (TPSA) is 66.3 Å². The lowest BCUT2D eigenvalue weighted by Crippen LogP contribution is -2.45. The van der Waals surface area contributed by atoms with Crippen LogP contribution in [0.4, 0.5) is 5.95 Å². The van der Waals surface area contributed by atoms with E-state index < -0.39 is 5.97 Å². The van der Waals surface area contributed by atoms with E-state index in [9.17, 15) is 4.79 Å². The lowest BCUT2D eigenvalue weighted by molar-refractivity contribution is -0.135. The molecule has 0 radical (unpaired) electrons. The zero-order valence-corrected chi connectivity index (χ0v) is 9.14. The zero-order chi connectivity index (χ0) is 11.5. The van der Waals surface area contributed by atoms with E-state index in [2.05, 4.69) is 9.97 Å². The number of nitrogens with zero attached hydrogens (tertiary/aromatic N) is 3. The Hall–Kier alpha value is -1.65. The second-order valence-electron chi connectivity index (χ2n) is 4.20. The molecule has 0 aliphatic rings. The summed E-state index contributed by atoms with van der Waals surface area (Å²) in [6, 6.07) is 1.70. The van der Waals surface area contributed by atoms with Gasteiger partial charge in [-0.25, -0.2) is 9.97 Å². The normalized spacial score (nSPS) is 11.1. The first-order valence-corrected chi connectivity index (χ1v) is 4.68. The highest BCUT2D eigenvalue weighted by molar-refractivity contribution is 5.73. The Morgan fingerprint density at radius 1 is 1.40 bits per heavy atom. The molecule has 0 saturated heterocycles. The first-order valence-electron chi connectivity index (χ1n) is 4.68. The van der Waals surface area contributed by atoms with Crippen molar-refractivity contribution in [3.05, 3.63) is 18.5 Å². The van der Waals surface area contributed by atoms with Crippen LogP contribution in [-0.2, 0) is 4.79 Å². The Balaban J connectivity index is 2.97. The van der Waals surface area contributed by atoms with E-state index in [4.69, 9.17) is 5.11 Å². The number of anilines is 1. The van der Waals surface area contributed by atoms with Crippen molar-refractivity contribution < 1.29 is 9.90 Å². The maximum Gasteiger partial charge on any atom is 0.323 e. The van der Waals surface area contributed by atoms with Crippen LogP contribution in [0.1, 0.15) is 20.8 Å². The summed E-state index contributed by atoms with van der Waals surface area (Å²) in [4.78, 5) is 20.5. The van der Waals surface area contributed by atoms with Gasteiger partial charge in [-0.1, -0.05) is 0 Å². The summed E-state index contributed by atoms with van der Waals surface area (Å²) in [5.74, 6) is -0.454. The van der Waals surface area contributed by atoms with Crippen molar-refractivity contribution in [1.82, 2.24) is 9.97 Å². The van der Waals surface area contributed by atoms with Gasteiger partial charge in [-0.2, -0.15) is 0 Å². The van der Waals surface area contributed by atoms with E-state index in [1.807, 2.05) is 20.8 Å². The van der Waals surface area contributed by atoms with Gasteiger partial charge in [0.1, 0.15) is 6.54 Å². The Labute approximate surface area is 88.8 Å². The van der Waals surface area contributed by atoms with Gasteiger partial charge in [0.2, 0.25) is 5.95 Å². The average molecular weight is 209 g/mol. The quantitative estimate of drug-likeness (QED) is 0.809. The molecule has 1 aromatic heterocycles. The summed E-state index contributed by atoms with van der Waals surface area (Å²) in [7, 11) is 0. The van der Waals surface area contributed by atoms with Crippen molar-refractivity contribution in [2.75, 3.05) is 11.4 Å². The number of carboxylic acids is 1. The van der Waals surface area contributed by atoms with E-state index in [1.54, 1.807) is 23.4 Å². The Morgan fingerprint density at radius 3 is 2.33 bits per heavy atom. The molecule has 1 heterocycles. The summed E-state index contributed by atoms with van der Waals surface area (Å²) in [6.45, 7) is 5.67. The van der Waals surface area contributed by atoms with Gasteiger partial charge in [-0.05, 0) is 26.8 Å². The van der Waals surface area contributed by atoms with Crippen molar-refractivity contribution in [3.8, 4) is 0 Å². The summed E-state index contributed by atoms with van der Waals surface area (Å²) in [5, 5.41) is 8.81. The molecule has 5 nitrogen and oxygen atoms in total. The van der Waals surface area contributed by atoms with Crippen LogP contribution in [0.2, 0.25) is 0 Å². The minimum atomic E-state index is -0.891. The molecule has 82 valence electrons. The molecule has 0 aliphatic carbocycles. The minimum absolute atomic E-state index is 0.104. The van der Waals surface area contributed by atoms with E-state index >= 15 is 0 Å². The average Bonchev–Trinajstić information content (AvgIpc) is 2.14. The SMILES string of the molecule is CC(C)(C)N(CC(=O)O)c1ncccn1. The number of aliphatic carboxylic acids is 1. The third-order valence-electron chi connectivity index (χ3n) is 1.90. The van der Waals surface area contributed by atoms with Crippen LogP contribution in [0.3, 0.4) is 0 Å². The third kappa shape index (κ3) is 3.19. The molecular formula is C10H15N3O2. The van der Waals surface area contributed by atoms with Crippen LogP contribution in [0.25, 0.3) is 0 Å². The molecule has 5 heteroatoms. The molecule has 1 rings (SSSR count). The smallest absolute Gasteiger partial charge is 0.323 e. The van der Waals surface area contributed by atoms with Gasteiger partial charge in [0.25, 0.3) is 0 Å². The van der Waals surface area contributed by atoms with Crippen LogP contribution < -0.4 is 4.90 Å². The summed E-state index contributed by atoms with van der Waals surface area (Å²) < 4.78 is 0. The molecular weight excluding hydrogens is 194 g/mol. The fraction of sp³-hybridized carbons (Fsp3) is 0.500. The number of rotatable bonds is 3. The highest BCUT2D eigenvalue weighted by Gasteiger charge is 2.25. The molecule has 1 N–H and O–H groups in total. The van der Waals surface area contributed by atoms with Crippen LogP contribution >= 0.6 is 0 Å². The maximum atomic E-state index is 10.7. The minimum Gasteiger partial charge on any atom is -0.480 e. The van der Waals surface area contributed by atoms with E-state index in [0.717, 1.165) is 0 Å². The molecule has 0 bridgehead atoms. The number of aromatic nitrogens is 2. The first-order chi connectivity index (χ1) is 6.91. The number of carboxylic acid groups (broad SMARTS) is 1. The Kier molecular flexibility index (Phi) is 3.24. The van der Waals surface area contributed by atoms with E-state index in [1.165, 1.54) is 0 Å². The van der Waals surface area contributed by atoms with Crippen molar-refractivity contribution in [2.45, 2.75) is 26.3 Å².